The molecule has 0 saturated carbocycles. The molecule has 1 aromatic rings. The fraction of sp³-hybridized carbons (Fsp3) is 0.765. The SMILES string of the molecule is CCCNCc1cc(CN2CCCC(C)C2C)c(C)s1. The van der Waals surface area contributed by atoms with Gasteiger partial charge in [0.1, 0.15) is 0 Å². The standard InChI is InChI=1S/C17H30N2S/c1-5-8-18-11-17-10-16(15(4)20-17)12-19-9-6-7-13(2)14(19)3/h10,13-14,18H,5-9,11-12H2,1-4H3. The largest absolute Gasteiger partial charge is 0.312 e. The van der Waals surface area contributed by atoms with Gasteiger partial charge in [0.2, 0.25) is 0 Å². The van der Waals surface area contributed by atoms with E-state index in [1.807, 2.05) is 11.3 Å². The Balaban J connectivity index is 1.95. The zero-order valence-corrected chi connectivity index (χ0v) is 14.4. The topological polar surface area (TPSA) is 15.3 Å². The average molecular weight is 295 g/mol. The van der Waals surface area contributed by atoms with Crippen LogP contribution in [0.2, 0.25) is 0 Å². The number of hydrogen-bond acceptors (Lipinski definition) is 3. The van der Waals surface area contributed by atoms with Gasteiger partial charge in [0.15, 0.2) is 0 Å². The lowest BCUT2D eigenvalue weighted by molar-refractivity contribution is 0.106. The van der Waals surface area contributed by atoms with E-state index in [0.29, 0.717) is 0 Å². The molecule has 2 nitrogen and oxygen atoms in total. The predicted molar refractivity (Wildman–Crippen MR) is 89.3 cm³/mol. The fourth-order valence-electron chi connectivity index (χ4n) is 3.08. The molecule has 1 fully saturated rings. The lowest BCUT2D eigenvalue weighted by atomic mass is 9.92. The molecule has 114 valence electrons. The van der Waals surface area contributed by atoms with Crippen LogP contribution in [-0.4, -0.2) is 24.0 Å². The molecule has 0 bridgehead atoms. The third-order valence-corrected chi connectivity index (χ3v) is 5.77. The molecule has 0 aliphatic carbocycles. The molecule has 1 N–H and O–H groups in total. The molecule has 1 aromatic heterocycles. The van der Waals surface area contributed by atoms with Crippen LogP contribution in [0.1, 0.15) is 55.4 Å². The Bertz CT molecular complexity index is 413. The van der Waals surface area contributed by atoms with Gasteiger partial charge < -0.3 is 5.32 Å². The van der Waals surface area contributed by atoms with Crippen molar-refractivity contribution >= 4 is 11.3 Å². The first-order chi connectivity index (χ1) is 9.61. The van der Waals surface area contributed by atoms with E-state index in [0.717, 1.165) is 31.6 Å². The van der Waals surface area contributed by atoms with Crippen LogP contribution >= 0.6 is 11.3 Å². The van der Waals surface area contributed by atoms with Crippen LogP contribution in [0.3, 0.4) is 0 Å². The Morgan fingerprint density at radius 2 is 2.20 bits per heavy atom. The van der Waals surface area contributed by atoms with Crippen LogP contribution < -0.4 is 5.32 Å². The number of rotatable bonds is 6. The summed E-state index contributed by atoms with van der Waals surface area (Å²) in [4.78, 5) is 5.67. The second kappa shape index (κ2) is 7.58. The monoisotopic (exact) mass is 294 g/mol. The van der Waals surface area contributed by atoms with E-state index in [1.54, 1.807) is 5.56 Å². The number of piperidine rings is 1. The van der Waals surface area contributed by atoms with Crippen molar-refractivity contribution in [3.05, 3.63) is 21.4 Å². The van der Waals surface area contributed by atoms with Gasteiger partial charge in [-0.15, -0.1) is 11.3 Å². The summed E-state index contributed by atoms with van der Waals surface area (Å²) in [6, 6.07) is 3.15. The van der Waals surface area contributed by atoms with Gasteiger partial charge in [-0.3, -0.25) is 4.90 Å². The second-order valence-corrected chi connectivity index (χ2v) is 7.64. The molecule has 2 unspecified atom stereocenters. The van der Waals surface area contributed by atoms with Gasteiger partial charge in [0.25, 0.3) is 0 Å². The molecule has 1 aliphatic rings. The highest BCUT2D eigenvalue weighted by Gasteiger charge is 2.25. The second-order valence-electron chi connectivity index (χ2n) is 6.30. The molecule has 0 radical (unpaired) electrons. The molecular formula is C17H30N2S. The molecule has 0 amide bonds. The number of nitrogens with zero attached hydrogens (tertiary/aromatic N) is 1. The molecule has 0 aromatic carbocycles. The lowest BCUT2D eigenvalue weighted by Crippen LogP contribution is -2.41. The van der Waals surface area contributed by atoms with E-state index in [4.69, 9.17) is 0 Å². The van der Waals surface area contributed by atoms with Crippen molar-refractivity contribution in [3.8, 4) is 0 Å². The van der Waals surface area contributed by atoms with Crippen LogP contribution in [0.5, 0.6) is 0 Å². The summed E-state index contributed by atoms with van der Waals surface area (Å²) in [6.45, 7) is 13.9. The third kappa shape index (κ3) is 4.06. The Kier molecular flexibility index (Phi) is 6.06. The minimum Gasteiger partial charge on any atom is -0.312 e. The van der Waals surface area contributed by atoms with Gasteiger partial charge >= 0.3 is 0 Å². The maximum atomic E-state index is 3.51. The van der Waals surface area contributed by atoms with E-state index < -0.39 is 0 Å². The van der Waals surface area contributed by atoms with Gasteiger partial charge in [0.05, 0.1) is 0 Å². The van der Waals surface area contributed by atoms with Crippen molar-refractivity contribution in [2.24, 2.45) is 5.92 Å². The molecule has 0 spiro atoms. The highest BCUT2D eigenvalue weighted by Crippen LogP contribution is 2.28. The van der Waals surface area contributed by atoms with Crippen LogP contribution in [0.25, 0.3) is 0 Å². The quantitative estimate of drug-likeness (QED) is 0.792. The van der Waals surface area contributed by atoms with E-state index in [1.165, 1.54) is 35.6 Å². The van der Waals surface area contributed by atoms with Gasteiger partial charge in [0, 0.05) is 28.9 Å². The van der Waals surface area contributed by atoms with Gasteiger partial charge in [-0.2, -0.15) is 0 Å². The minimum atomic E-state index is 0.727. The number of aryl methyl sites for hydroxylation is 1. The molecule has 3 heteroatoms. The van der Waals surface area contributed by atoms with Crippen molar-refractivity contribution in [2.45, 2.75) is 66.1 Å². The van der Waals surface area contributed by atoms with Crippen LogP contribution in [0.15, 0.2) is 6.07 Å². The summed E-state index contributed by atoms with van der Waals surface area (Å²) >= 11 is 1.97. The van der Waals surface area contributed by atoms with E-state index >= 15 is 0 Å². The summed E-state index contributed by atoms with van der Waals surface area (Å²) in [5.74, 6) is 0.841. The summed E-state index contributed by atoms with van der Waals surface area (Å²) in [5.41, 5.74) is 1.55. The number of nitrogens with one attached hydrogen (secondary N) is 1. The van der Waals surface area contributed by atoms with Crippen molar-refractivity contribution < 1.29 is 0 Å². The van der Waals surface area contributed by atoms with Crippen LogP contribution in [0, 0.1) is 12.8 Å². The lowest BCUT2D eigenvalue weighted by Gasteiger charge is -2.37. The highest BCUT2D eigenvalue weighted by molar-refractivity contribution is 7.12. The summed E-state index contributed by atoms with van der Waals surface area (Å²) in [7, 11) is 0. The van der Waals surface area contributed by atoms with Crippen molar-refractivity contribution in [1.82, 2.24) is 10.2 Å². The third-order valence-electron chi connectivity index (χ3n) is 4.68. The number of thiophene rings is 1. The van der Waals surface area contributed by atoms with Crippen LogP contribution in [0.4, 0.5) is 0 Å². The predicted octanol–water partition coefficient (Wildman–Crippen LogP) is 4.18. The van der Waals surface area contributed by atoms with Crippen molar-refractivity contribution in [1.29, 1.82) is 0 Å². The normalized spacial score (nSPS) is 24.2. The van der Waals surface area contributed by atoms with Gasteiger partial charge in [-0.1, -0.05) is 13.8 Å². The Labute approximate surface area is 128 Å². The maximum absolute atomic E-state index is 3.51. The Morgan fingerprint density at radius 1 is 1.40 bits per heavy atom. The van der Waals surface area contributed by atoms with E-state index in [9.17, 15) is 0 Å². The number of likely N-dealkylation sites (tertiary alicyclic amines) is 1. The summed E-state index contributed by atoms with van der Waals surface area (Å²) in [5, 5.41) is 3.51. The molecule has 20 heavy (non-hydrogen) atoms. The smallest absolute Gasteiger partial charge is 0.0299 e. The molecule has 1 saturated heterocycles. The maximum Gasteiger partial charge on any atom is 0.0299 e. The van der Waals surface area contributed by atoms with Crippen molar-refractivity contribution in [2.75, 3.05) is 13.1 Å². The average Bonchev–Trinajstić information content (AvgIpc) is 2.76. The Hall–Kier alpha value is -0.380. The zero-order chi connectivity index (χ0) is 14.5. The zero-order valence-electron chi connectivity index (χ0n) is 13.5. The fourth-order valence-corrected chi connectivity index (χ4v) is 4.11. The number of hydrogen-bond donors (Lipinski definition) is 1. The molecule has 2 atom stereocenters. The van der Waals surface area contributed by atoms with Gasteiger partial charge in [-0.25, -0.2) is 0 Å². The van der Waals surface area contributed by atoms with Crippen LogP contribution in [-0.2, 0) is 13.1 Å². The van der Waals surface area contributed by atoms with E-state index in [2.05, 4.69) is 44.0 Å². The minimum absolute atomic E-state index is 0.727. The first-order valence-corrected chi connectivity index (χ1v) is 8.96. The van der Waals surface area contributed by atoms with E-state index in [-0.39, 0.29) is 0 Å². The highest BCUT2D eigenvalue weighted by atomic mass is 32.1. The first-order valence-electron chi connectivity index (χ1n) is 8.14. The summed E-state index contributed by atoms with van der Waals surface area (Å²) < 4.78 is 0. The molecule has 1 aliphatic heterocycles. The first kappa shape index (κ1) is 16.0. The molecule has 2 heterocycles. The van der Waals surface area contributed by atoms with Crippen molar-refractivity contribution in [3.63, 3.8) is 0 Å². The molecular weight excluding hydrogens is 264 g/mol. The molecule has 2 rings (SSSR count). The van der Waals surface area contributed by atoms with Gasteiger partial charge in [-0.05, 0) is 63.7 Å². The Morgan fingerprint density at radius 3 is 2.95 bits per heavy atom. The summed E-state index contributed by atoms with van der Waals surface area (Å²) in [6.07, 6.45) is 3.96.